The minimum atomic E-state index is -3.50. The summed E-state index contributed by atoms with van der Waals surface area (Å²) in [4.78, 5) is 12.5. The molecule has 0 radical (unpaired) electrons. The molecule has 0 unspecified atom stereocenters. The number of carbonyl (C=O) groups is 1. The number of halogens is 1. The normalized spacial score (nSPS) is 15.9. The van der Waals surface area contributed by atoms with E-state index in [-0.39, 0.29) is 17.6 Å². The monoisotopic (exact) mass is 406 g/mol. The summed E-state index contributed by atoms with van der Waals surface area (Å²) >= 11 is 0. The number of rotatable bonds is 6. The Morgan fingerprint density at radius 1 is 1.11 bits per heavy atom. The van der Waals surface area contributed by atoms with E-state index < -0.39 is 15.8 Å². The Morgan fingerprint density at radius 3 is 2.29 bits per heavy atom. The SMILES string of the molecule is COc1ccc(NC(=O)C2CCN(S(=O)(=O)Cc3ccc(F)cc3)CC2)cc1. The van der Waals surface area contributed by atoms with E-state index in [9.17, 15) is 17.6 Å². The molecule has 1 saturated heterocycles. The molecule has 8 heteroatoms. The van der Waals surface area contributed by atoms with Crippen LogP contribution in [0, 0.1) is 11.7 Å². The summed E-state index contributed by atoms with van der Waals surface area (Å²) in [6, 6.07) is 12.5. The first-order chi connectivity index (χ1) is 13.4. The average Bonchev–Trinajstić information content (AvgIpc) is 2.70. The van der Waals surface area contributed by atoms with Crippen molar-refractivity contribution in [1.82, 2.24) is 4.31 Å². The van der Waals surface area contributed by atoms with Gasteiger partial charge in [0.2, 0.25) is 15.9 Å². The van der Waals surface area contributed by atoms with Gasteiger partial charge in [-0.15, -0.1) is 0 Å². The van der Waals surface area contributed by atoms with E-state index in [1.807, 2.05) is 0 Å². The number of benzene rings is 2. The van der Waals surface area contributed by atoms with Crippen LogP contribution in [0.4, 0.5) is 10.1 Å². The van der Waals surface area contributed by atoms with Crippen LogP contribution in [0.1, 0.15) is 18.4 Å². The first kappa shape index (κ1) is 20.3. The number of sulfonamides is 1. The van der Waals surface area contributed by atoms with E-state index in [1.54, 1.807) is 31.4 Å². The van der Waals surface area contributed by atoms with Crippen molar-refractivity contribution < 1.29 is 22.3 Å². The van der Waals surface area contributed by atoms with Crippen molar-refractivity contribution in [3.63, 3.8) is 0 Å². The summed E-state index contributed by atoms with van der Waals surface area (Å²) < 4.78 is 44.7. The second-order valence-electron chi connectivity index (χ2n) is 6.77. The van der Waals surface area contributed by atoms with Gasteiger partial charge in [0.1, 0.15) is 11.6 Å². The van der Waals surface area contributed by atoms with Crippen molar-refractivity contribution in [2.75, 3.05) is 25.5 Å². The number of carbonyl (C=O) groups excluding carboxylic acids is 1. The highest BCUT2D eigenvalue weighted by Gasteiger charge is 2.31. The Morgan fingerprint density at radius 2 is 1.71 bits per heavy atom. The van der Waals surface area contributed by atoms with E-state index in [0.29, 0.717) is 42.9 Å². The summed E-state index contributed by atoms with van der Waals surface area (Å²) in [6.07, 6.45) is 0.926. The number of hydrogen-bond donors (Lipinski definition) is 1. The van der Waals surface area contributed by atoms with Crippen LogP contribution in [0.15, 0.2) is 48.5 Å². The van der Waals surface area contributed by atoms with Crippen LogP contribution in [-0.2, 0) is 20.6 Å². The number of anilines is 1. The number of amides is 1. The number of ether oxygens (including phenoxy) is 1. The van der Waals surface area contributed by atoms with Crippen LogP contribution in [0.25, 0.3) is 0 Å². The van der Waals surface area contributed by atoms with Crippen LogP contribution in [0.3, 0.4) is 0 Å². The third-order valence-electron chi connectivity index (χ3n) is 4.84. The number of nitrogens with one attached hydrogen (secondary N) is 1. The lowest BCUT2D eigenvalue weighted by molar-refractivity contribution is -0.120. The maximum atomic E-state index is 13.0. The Hall–Kier alpha value is -2.45. The van der Waals surface area contributed by atoms with E-state index in [0.717, 1.165) is 0 Å². The van der Waals surface area contributed by atoms with Gasteiger partial charge in [-0.25, -0.2) is 17.1 Å². The van der Waals surface area contributed by atoms with Crippen LogP contribution < -0.4 is 10.1 Å². The fraction of sp³-hybridized carbons (Fsp3) is 0.350. The molecule has 1 fully saturated rings. The molecule has 1 amide bonds. The molecule has 2 aromatic rings. The lowest BCUT2D eigenvalue weighted by atomic mass is 9.97. The molecule has 0 saturated carbocycles. The molecule has 1 aliphatic rings. The molecule has 0 spiro atoms. The first-order valence-electron chi connectivity index (χ1n) is 9.04. The molecule has 1 heterocycles. The fourth-order valence-electron chi connectivity index (χ4n) is 3.20. The zero-order chi connectivity index (χ0) is 20.1. The average molecular weight is 406 g/mol. The molecule has 6 nitrogen and oxygen atoms in total. The molecule has 1 N–H and O–H groups in total. The van der Waals surface area contributed by atoms with E-state index >= 15 is 0 Å². The number of methoxy groups -OCH3 is 1. The Kier molecular flexibility index (Phi) is 6.31. The predicted molar refractivity (Wildman–Crippen MR) is 105 cm³/mol. The summed E-state index contributed by atoms with van der Waals surface area (Å²) in [5.74, 6) is -0.210. The maximum absolute atomic E-state index is 13.0. The molecule has 0 atom stereocenters. The van der Waals surface area contributed by atoms with Crippen LogP contribution >= 0.6 is 0 Å². The Balaban J connectivity index is 1.54. The number of hydrogen-bond acceptors (Lipinski definition) is 4. The van der Waals surface area contributed by atoms with Crippen molar-refractivity contribution in [2.45, 2.75) is 18.6 Å². The smallest absolute Gasteiger partial charge is 0.227 e. The van der Waals surface area contributed by atoms with Gasteiger partial charge in [-0.1, -0.05) is 12.1 Å². The number of nitrogens with zero attached hydrogens (tertiary/aromatic N) is 1. The zero-order valence-electron chi connectivity index (χ0n) is 15.6. The lowest BCUT2D eigenvalue weighted by Crippen LogP contribution is -2.41. The topological polar surface area (TPSA) is 75.7 Å². The highest BCUT2D eigenvalue weighted by molar-refractivity contribution is 7.88. The molecule has 0 aliphatic carbocycles. The summed E-state index contributed by atoms with van der Waals surface area (Å²) in [5.41, 5.74) is 1.22. The van der Waals surface area contributed by atoms with Crippen molar-refractivity contribution >= 4 is 21.6 Å². The van der Waals surface area contributed by atoms with Gasteiger partial charge in [0, 0.05) is 24.7 Å². The van der Waals surface area contributed by atoms with Gasteiger partial charge in [-0.2, -0.15) is 0 Å². The van der Waals surface area contributed by atoms with Crippen LogP contribution in [0.2, 0.25) is 0 Å². The van der Waals surface area contributed by atoms with E-state index in [2.05, 4.69) is 5.32 Å². The maximum Gasteiger partial charge on any atom is 0.227 e. The quantitative estimate of drug-likeness (QED) is 0.800. The van der Waals surface area contributed by atoms with Gasteiger partial charge in [0.05, 0.1) is 12.9 Å². The molecule has 28 heavy (non-hydrogen) atoms. The molecule has 3 rings (SSSR count). The first-order valence-corrected chi connectivity index (χ1v) is 10.7. The number of piperidine rings is 1. The molecular weight excluding hydrogens is 383 g/mol. The largest absolute Gasteiger partial charge is 0.497 e. The molecule has 0 aromatic heterocycles. The molecular formula is C20H23FN2O4S. The van der Waals surface area contributed by atoms with Crippen LogP contribution in [-0.4, -0.2) is 38.8 Å². The van der Waals surface area contributed by atoms with Crippen molar-refractivity contribution in [3.05, 3.63) is 59.9 Å². The van der Waals surface area contributed by atoms with Gasteiger partial charge in [0.15, 0.2) is 0 Å². The fourth-order valence-corrected chi connectivity index (χ4v) is 4.76. The standard InChI is InChI=1S/C20H23FN2O4S/c1-27-19-8-6-18(7-9-19)22-20(24)16-10-12-23(13-11-16)28(25,26)14-15-2-4-17(21)5-3-15/h2-9,16H,10-14H2,1H3,(H,22,24). The Labute approximate surface area is 164 Å². The minimum Gasteiger partial charge on any atom is -0.497 e. The third-order valence-corrected chi connectivity index (χ3v) is 6.69. The Bertz CT molecular complexity index is 906. The van der Waals surface area contributed by atoms with Crippen molar-refractivity contribution in [1.29, 1.82) is 0 Å². The highest BCUT2D eigenvalue weighted by Crippen LogP contribution is 2.24. The van der Waals surface area contributed by atoms with Gasteiger partial charge < -0.3 is 10.1 Å². The van der Waals surface area contributed by atoms with Gasteiger partial charge in [-0.3, -0.25) is 4.79 Å². The molecule has 2 aromatic carbocycles. The second kappa shape index (κ2) is 8.70. The van der Waals surface area contributed by atoms with Gasteiger partial charge in [0.25, 0.3) is 0 Å². The summed E-state index contributed by atoms with van der Waals surface area (Å²) in [7, 11) is -1.92. The van der Waals surface area contributed by atoms with E-state index in [1.165, 1.54) is 28.6 Å². The van der Waals surface area contributed by atoms with Gasteiger partial charge in [-0.05, 0) is 54.8 Å². The molecule has 1 aliphatic heterocycles. The second-order valence-corrected chi connectivity index (χ2v) is 8.74. The van der Waals surface area contributed by atoms with E-state index in [4.69, 9.17) is 4.74 Å². The third kappa shape index (κ3) is 5.08. The molecule has 0 bridgehead atoms. The zero-order valence-corrected chi connectivity index (χ0v) is 16.4. The van der Waals surface area contributed by atoms with Crippen molar-refractivity contribution in [2.24, 2.45) is 5.92 Å². The minimum absolute atomic E-state index is 0.110. The van der Waals surface area contributed by atoms with Crippen LogP contribution in [0.5, 0.6) is 5.75 Å². The summed E-state index contributed by atoms with van der Waals surface area (Å²) in [6.45, 7) is 0.592. The summed E-state index contributed by atoms with van der Waals surface area (Å²) in [5, 5.41) is 2.86. The van der Waals surface area contributed by atoms with Gasteiger partial charge >= 0.3 is 0 Å². The molecule has 150 valence electrons. The van der Waals surface area contributed by atoms with Crippen molar-refractivity contribution in [3.8, 4) is 5.75 Å². The lowest BCUT2D eigenvalue weighted by Gasteiger charge is -2.30. The highest BCUT2D eigenvalue weighted by atomic mass is 32.2. The predicted octanol–water partition coefficient (Wildman–Crippen LogP) is 3.01.